The molecule has 2 rings (SSSR count). The molecule has 0 atom stereocenters. The van der Waals surface area contributed by atoms with Crippen LogP contribution >= 0.6 is 39.0 Å². The minimum atomic E-state index is -0.981. The van der Waals surface area contributed by atoms with Crippen LogP contribution in [0.3, 0.4) is 0 Å². The lowest BCUT2D eigenvalue weighted by molar-refractivity contribution is 0.0690. The third-order valence-electron chi connectivity index (χ3n) is 2.41. The quantitative estimate of drug-likeness (QED) is 0.662. The Labute approximate surface area is 127 Å². The molecule has 0 saturated carbocycles. The molecule has 100 valence electrons. The van der Waals surface area contributed by atoms with Crippen molar-refractivity contribution in [2.24, 2.45) is 0 Å². The standard InChI is InChI=1S/C12H11BrN2O2S2/c1-6-10(12(16)17)11(15-7(2)14-6)19-5-9-8(13)3-4-18-9/h3-4H,5H2,1-2H3,(H,16,17). The van der Waals surface area contributed by atoms with E-state index in [1.165, 1.54) is 11.8 Å². The highest BCUT2D eigenvalue weighted by Gasteiger charge is 2.17. The molecular weight excluding hydrogens is 348 g/mol. The number of hydrogen-bond acceptors (Lipinski definition) is 5. The SMILES string of the molecule is Cc1nc(C)c(C(=O)O)c(SCc2sccc2Br)n1. The fraction of sp³-hybridized carbons (Fsp3) is 0.250. The average molecular weight is 359 g/mol. The van der Waals surface area contributed by atoms with E-state index in [4.69, 9.17) is 0 Å². The number of carboxylic acid groups (broad SMARTS) is 1. The number of aromatic carboxylic acids is 1. The van der Waals surface area contributed by atoms with Gasteiger partial charge in [0, 0.05) is 15.1 Å². The fourth-order valence-corrected chi connectivity index (χ4v) is 4.50. The Balaban J connectivity index is 2.29. The first-order chi connectivity index (χ1) is 8.99. The smallest absolute Gasteiger partial charge is 0.340 e. The van der Waals surface area contributed by atoms with Gasteiger partial charge in [-0.1, -0.05) is 11.8 Å². The van der Waals surface area contributed by atoms with Crippen molar-refractivity contribution in [3.8, 4) is 0 Å². The molecule has 0 amide bonds. The van der Waals surface area contributed by atoms with Gasteiger partial charge in [0.15, 0.2) is 0 Å². The van der Waals surface area contributed by atoms with Crippen LogP contribution in [0.15, 0.2) is 20.9 Å². The molecule has 2 aromatic rings. The van der Waals surface area contributed by atoms with E-state index in [2.05, 4.69) is 25.9 Å². The van der Waals surface area contributed by atoms with E-state index in [9.17, 15) is 9.90 Å². The maximum absolute atomic E-state index is 11.3. The first-order valence-electron chi connectivity index (χ1n) is 5.42. The summed E-state index contributed by atoms with van der Waals surface area (Å²) in [5.74, 6) is 0.300. The number of halogens is 1. The number of rotatable bonds is 4. The maximum atomic E-state index is 11.3. The van der Waals surface area contributed by atoms with Gasteiger partial charge in [0.25, 0.3) is 0 Å². The summed E-state index contributed by atoms with van der Waals surface area (Å²) < 4.78 is 1.05. The van der Waals surface area contributed by atoms with Gasteiger partial charge in [-0.25, -0.2) is 14.8 Å². The van der Waals surface area contributed by atoms with Crippen LogP contribution in [0.4, 0.5) is 0 Å². The zero-order valence-corrected chi connectivity index (χ0v) is 13.5. The Bertz CT molecular complexity index is 628. The highest BCUT2D eigenvalue weighted by molar-refractivity contribution is 9.10. The molecule has 0 aliphatic heterocycles. The van der Waals surface area contributed by atoms with Crippen LogP contribution in [0.2, 0.25) is 0 Å². The van der Waals surface area contributed by atoms with Crippen LogP contribution in [0, 0.1) is 13.8 Å². The largest absolute Gasteiger partial charge is 0.478 e. The highest BCUT2D eigenvalue weighted by Crippen LogP contribution is 2.31. The second kappa shape index (κ2) is 6.02. The molecule has 0 aliphatic rings. The lowest BCUT2D eigenvalue weighted by atomic mass is 10.2. The minimum Gasteiger partial charge on any atom is -0.478 e. The van der Waals surface area contributed by atoms with Crippen LogP contribution in [-0.4, -0.2) is 21.0 Å². The monoisotopic (exact) mass is 358 g/mol. The molecule has 0 aliphatic carbocycles. The Morgan fingerprint density at radius 1 is 1.47 bits per heavy atom. The molecule has 7 heteroatoms. The van der Waals surface area contributed by atoms with Crippen molar-refractivity contribution in [2.45, 2.75) is 24.6 Å². The van der Waals surface area contributed by atoms with Gasteiger partial charge >= 0.3 is 5.97 Å². The molecular formula is C12H11BrN2O2S2. The summed E-state index contributed by atoms with van der Waals surface area (Å²) in [6, 6.07) is 1.98. The van der Waals surface area contributed by atoms with Crippen molar-refractivity contribution in [3.63, 3.8) is 0 Å². The molecule has 0 radical (unpaired) electrons. The summed E-state index contributed by atoms with van der Waals surface area (Å²) >= 11 is 6.52. The van der Waals surface area contributed by atoms with Crippen molar-refractivity contribution in [1.82, 2.24) is 9.97 Å². The van der Waals surface area contributed by atoms with Gasteiger partial charge in [-0.2, -0.15) is 0 Å². The van der Waals surface area contributed by atoms with Crippen molar-refractivity contribution >= 4 is 45.0 Å². The van der Waals surface area contributed by atoms with Crippen molar-refractivity contribution < 1.29 is 9.90 Å². The van der Waals surface area contributed by atoms with E-state index >= 15 is 0 Å². The molecule has 0 spiro atoms. The third kappa shape index (κ3) is 3.34. The van der Waals surface area contributed by atoms with Gasteiger partial charge in [-0.3, -0.25) is 0 Å². The Morgan fingerprint density at radius 3 is 2.79 bits per heavy atom. The highest BCUT2D eigenvalue weighted by atomic mass is 79.9. The van der Waals surface area contributed by atoms with E-state index in [1.54, 1.807) is 25.2 Å². The predicted molar refractivity (Wildman–Crippen MR) is 80.0 cm³/mol. The fourth-order valence-electron chi connectivity index (χ4n) is 1.59. The lowest BCUT2D eigenvalue weighted by Crippen LogP contribution is -2.08. The van der Waals surface area contributed by atoms with Gasteiger partial charge in [-0.15, -0.1) is 11.3 Å². The normalized spacial score (nSPS) is 10.7. The summed E-state index contributed by atoms with van der Waals surface area (Å²) in [5, 5.41) is 11.8. The average Bonchev–Trinajstić information content (AvgIpc) is 2.70. The maximum Gasteiger partial charge on any atom is 0.340 e. The topological polar surface area (TPSA) is 63.1 Å². The Morgan fingerprint density at radius 2 is 2.21 bits per heavy atom. The second-order valence-corrected chi connectivity index (χ2v) is 6.64. The molecule has 0 saturated heterocycles. The molecule has 0 bridgehead atoms. The molecule has 2 aromatic heterocycles. The van der Waals surface area contributed by atoms with Crippen LogP contribution in [0.25, 0.3) is 0 Å². The number of aryl methyl sites for hydroxylation is 2. The summed E-state index contributed by atoms with van der Waals surface area (Å²) in [4.78, 5) is 20.8. The first kappa shape index (κ1) is 14.5. The number of carboxylic acids is 1. The molecule has 0 fully saturated rings. The number of nitrogens with zero attached hydrogens (tertiary/aromatic N) is 2. The number of carbonyl (C=O) groups is 1. The summed E-state index contributed by atoms with van der Waals surface area (Å²) in [5.41, 5.74) is 0.705. The summed E-state index contributed by atoms with van der Waals surface area (Å²) in [7, 11) is 0. The van der Waals surface area contributed by atoms with E-state index in [-0.39, 0.29) is 5.56 Å². The van der Waals surface area contributed by atoms with Crippen molar-refractivity contribution in [3.05, 3.63) is 37.9 Å². The van der Waals surface area contributed by atoms with Crippen LogP contribution < -0.4 is 0 Å². The van der Waals surface area contributed by atoms with Crippen molar-refractivity contribution in [2.75, 3.05) is 0 Å². The van der Waals surface area contributed by atoms with Crippen LogP contribution in [0.5, 0.6) is 0 Å². The van der Waals surface area contributed by atoms with Gasteiger partial charge in [-0.05, 0) is 41.2 Å². The summed E-state index contributed by atoms with van der Waals surface area (Å²) in [6.07, 6.45) is 0. The molecule has 1 N–H and O–H groups in total. The van der Waals surface area contributed by atoms with E-state index in [0.717, 1.165) is 9.35 Å². The summed E-state index contributed by atoms with van der Waals surface area (Å²) in [6.45, 7) is 3.47. The number of thioether (sulfide) groups is 1. The molecule has 0 unspecified atom stereocenters. The minimum absolute atomic E-state index is 0.197. The number of thiophene rings is 1. The Kier molecular flexibility index (Phi) is 4.59. The molecule has 0 aromatic carbocycles. The lowest BCUT2D eigenvalue weighted by Gasteiger charge is -2.08. The molecule has 4 nitrogen and oxygen atoms in total. The van der Waals surface area contributed by atoms with E-state index in [1.807, 2.05) is 11.4 Å². The molecule has 19 heavy (non-hydrogen) atoms. The van der Waals surface area contributed by atoms with E-state index < -0.39 is 5.97 Å². The van der Waals surface area contributed by atoms with Crippen LogP contribution in [0.1, 0.15) is 26.8 Å². The van der Waals surface area contributed by atoms with E-state index in [0.29, 0.717) is 22.3 Å². The third-order valence-corrected chi connectivity index (χ3v) is 5.52. The van der Waals surface area contributed by atoms with Gasteiger partial charge in [0.05, 0.1) is 5.69 Å². The van der Waals surface area contributed by atoms with Gasteiger partial charge in [0.2, 0.25) is 0 Å². The van der Waals surface area contributed by atoms with Gasteiger partial charge in [0.1, 0.15) is 16.4 Å². The van der Waals surface area contributed by atoms with Crippen LogP contribution in [-0.2, 0) is 5.75 Å². The number of aromatic nitrogens is 2. The van der Waals surface area contributed by atoms with Crippen molar-refractivity contribution in [1.29, 1.82) is 0 Å². The Hall–Kier alpha value is -0.920. The predicted octanol–water partition coefficient (Wildman–Crippen LogP) is 3.91. The second-order valence-electron chi connectivity index (χ2n) is 3.82. The first-order valence-corrected chi connectivity index (χ1v) is 8.08. The zero-order valence-electron chi connectivity index (χ0n) is 10.3. The van der Waals surface area contributed by atoms with Gasteiger partial charge < -0.3 is 5.11 Å². The number of hydrogen-bond donors (Lipinski definition) is 1. The molecule has 2 heterocycles. The zero-order chi connectivity index (χ0) is 14.0.